The van der Waals surface area contributed by atoms with E-state index in [-0.39, 0.29) is 24.6 Å². The highest BCUT2D eigenvalue weighted by Gasteiger charge is 2.16. The second-order valence-electron chi connectivity index (χ2n) is 6.15. The lowest BCUT2D eigenvalue weighted by molar-refractivity contribution is 0.0955. The van der Waals surface area contributed by atoms with E-state index < -0.39 is 0 Å². The number of thiazole rings is 1. The zero-order valence-corrected chi connectivity index (χ0v) is 16.3. The number of aryl methyl sites for hydroxylation is 1. The third-order valence-corrected chi connectivity index (χ3v) is 5.34. The SMILES string of the molecule is Cc1nc(-c2ccccc2)sc1C(=O)NCCn1nc(-n2cncn2)ccc1=O. The molecular formula is C19H17N7O2S. The summed E-state index contributed by atoms with van der Waals surface area (Å²) < 4.78 is 2.74. The molecule has 0 saturated carbocycles. The molecule has 1 aromatic carbocycles. The fourth-order valence-corrected chi connectivity index (χ4v) is 3.70. The first-order chi connectivity index (χ1) is 14.1. The number of nitrogens with zero attached hydrogens (tertiary/aromatic N) is 6. The maximum atomic E-state index is 12.6. The molecule has 0 aliphatic heterocycles. The lowest BCUT2D eigenvalue weighted by Crippen LogP contribution is -2.32. The van der Waals surface area contributed by atoms with Crippen LogP contribution in [-0.2, 0) is 6.54 Å². The minimum Gasteiger partial charge on any atom is -0.349 e. The molecule has 0 aliphatic carbocycles. The van der Waals surface area contributed by atoms with Crippen molar-refractivity contribution in [3.05, 3.63) is 76.0 Å². The molecule has 0 radical (unpaired) electrons. The molecular weight excluding hydrogens is 390 g/mol. The highest BCUT2D eigenvalue weighted by atomic mass is 32.1. The van der Waals surface area contributed by atoms with Crippen molar-refractivity contribution in [2.45, 2.75) is 13.5 Å². The first-order valence-electron chi connectivity index (χ1n) is 8.86. The fraction of sp³-hybridized carbons (Fsp3) is 0.158. The summed E-state index contributed by atoms with van der Waals surface area (Å²) in [6.45, 7) is 2.30. The lowest BCUT2D eigenvalue weighted by atomic mass is 10.2. The Labute approximate surface area is 169 Å². The fourth-order valence-electron chi connectivity index (χ4n) is 2.71. The Bertz CT molecular complexity index is 1180. The van der Waals surface area contributed by atoms with Gasteiger partial charge in [0.1, 0.15) is 22.5 Å². The molecule has 4 aromatic rings. The highest BCUT2D eigenvalue weighted by Crippen LogP contribution is 2.27. The number of benzene rings is 1. The van der Waals surface area contributed by atoms with Crippen LogP contribution in [0.5, 0.6) is 0 Å². The van der Waals surface area contributed by atoms with E-state index in [0.717, 1.165) is 10.6 Å². The van der Waals surface area contributed by atoms with Gasteiger partial charge in [0, 0.05) is 18.2 Å². The summed E-state index contributed by atoms with van der Waals surface area (Å²) in [5, 5.41) is 11.9. The predicted molar refractivity (Wildman–Crippen MR) is 108 cm³/mol. The predicted octanol–water partition coefficient (Wildman–Crippen LogP) is 1.69. The van der Waals surface area contributed by atoms with Gasteiger partial charge >= 0.3 is 0 Å². The molecule has 3 heterocycles. The Morgan fingerprint density at radius 3 is 2.76 bits per heavy atom. The zero-order chi connectivity index (χ0) is 20.2. The Hall–Kier alpha value is -3.66. The Morgan fingerprint density at radius 1 is 1.17 bits per heavy atom. The summed E-state index contributed by atoms with van der Waals surface area (Å²) in [5.41, 5.74) is 1.39. The van der Waals surface area contributed by atoms with Crippen molar-refractivity contribution >= 4 is 17.2 Å². The summed E-state index contributed by atoms with van der Waals surface area (Å²) >= 11 is 1.34. The van der Waals surface area contributed by atoms with Crippen LogP contribution in [-0.4, -0.2) is 42.0 Å². The molecule has 0 bridgehead atoms. The van der Waals surface area contributed by atoms with E-state index in [1.54, 1.807) is 6.07 Å². The quantitative estimate of drug-likeness (QED) is 0.521. The van der Waals surface area contributed by atoms with Gasteiger partial charge in [-0.3, -0.25) is 9.59 Å². The molecule has 0 atom stereocenters. The van der Waals surface area contributed by atoms with Gasteiger partial charge in [0.2, 0.25) is 0 Å². The first-order valence-corrected chi connectivity index (χ1v) is 9.67. The van der Waals surface area contributed by atoms with Crippen LogP contribution < -0.4 is 10.9 Å². The number of amides is 1. The molecule has 0 saturated heterocycles. The van der Waals surface area contributed by atoms with Gasteiger partial charge in [0.05, 0.1) is 12.2 Å². The molecule has 1 amide bonds. The summed E-state index contributed by atoms with van der Waals surface area (Å²) in [5.74, 6) is 0.252. The van der Waals surface area contributed by atoms with Gasteiger partial charge in [-0.2, -0.15) is 5.10 Å². The largest absolute Gasteiger partial charge is 0.349 e. The van der Waals surface area contributed by atoms with Crippen molar-refractivity contribution < 1.29 is 4.79 Å². The molecule has 0 fully saturated rings. The molecule has 0 aliphatic rings. The van der Waals surface area contributed by atoms with Gasteiger partial charge in [-0.25, -0.2) is 19.3 Å². The number of rotatable bonds is 6. The molecule has 1 N–H and O–H groups in total. The monoisotopic (exact) mass is 407 g/mol. The second-order valence-corrected chi connectivity index (χ2v) is 7.15. The number of aromatic nitrogens is 6. The topological polar surface area (TPSA) is 108 Å². The van der Waals surface area contributed by atoms with Crippen molar-refractivity contribution in [1.82, 2.24) is 34.8 Å². The van der Waals surface area contributed by atoms with Gasteiger partial charge in [0.25, 0.3) is 11.5 Å². The van der Waals surface area contributed by atoms with Crippen molar-refractivity contribution in [1.29, 1.82) is 0 Å². The highest BCUT2D eigenvalue weighted by molar-refractivity contribution is 7.17. The van der Waals surface area contributed by atoms with Gasteiger partial charge < -0.3 is 5.32 Å². The van der Waals surface area contributed by atoms with Gasteiger partial charge in [-0.15, -0.1) is 16.4 Å². The maximum Gasteiger partial charge on any atom is 0.266 e. The first kappa shape index (κ1) is 18.7. The summed E-state index contributed by atoms with van der Waals surface area (Å²) in [6, 6.07) is 12.7. The Kier molecular flexibility index (Phi) is 5.25. The van der Waals surface area contributed by atoms with Crippen molar-refractivity contribution in [3.8, 4) is 16.4 Å². The number of hydrogen-bond acceptors (Lipinski definition) is 7. The number of nitrogens with one attached hydrogen (secondary N) is 1. The number of hydrogen-bond donors (Lipinski definition) is 1. The van der Waals surface area contributed by atoms with Crippen LogP contribution in [0.15, 0.2) is 59.9 Å². The van der Waals surface area contributed by atoms with E-state index in [4.69, 9.17) is 0 Å². The van der Waals surface area contributed by atoms with E-state index in [0.29, 0.717) is 16.4 Å². The normalized spacial score (nSPS) is 10.8. The summed E-state index contributed by atoms with van der Waals surface area (Å²) in [7, 11) is 0. The maximum absolute atomic E-state index is 12.6. The lowest BCUT2D eigenvalue weighted by Gasteiger charge is -2.07. The summed E-state index contributed by atoms with van der Waals surface area (Å²) in [6.07, 6.45) is 2.88. The molecule has 0 spiro atoms. The number of carbonyl (C=O) groups is 1. The van der Waals surface area contributed by atoms with Gasteiger partial charge in [-0.1, -0.05) is 30.3 Å². The smallest absolute Gasteiger partial charge is 0.266 e. The molecule has 3 aromatic heterocycles. The van der Waals surface area contributed by atoms with Crippen LogP contribution in [0.25, 0.3) is 16.4 Å². The average Bonchev–Trinajstić information content (AvgIpc) is 3.40. The van der Waals surface area contributed by atoms with Crippen molar-refractivity contribution in [3.63, 3.8) is 0 Å². The third-order valence-electron chi connectivity index (χ3n) is 4.14. The minimum absolute atomic E-state index is 0.220. The average molecular weight is 407 g/mol. The van der Waals surface area contributed by atoms with E-state index in [1.807, 2.05) is 37.3 Å². The van der Waals surface area contributed by atoms with E-state index >= 15 is 0 Å². The van der Waals surface area contributed by atoms with Crippen LogP contribution in [0.4, 0.5) is 0 Å². The Balaban J connectivity index is 1.43. The number of carbonyl (C=O) groups excluding carboxylic acids is 1. The molecule has 4 rings (SSSR count). The standard InChI is InChI=1S/C19H17N7O2S/c1-13-17(29-19(23-13)14-5-3-2-4-6-14)18(28)21-9-10-25-16(27)8-7-15(24-25)26-12-20-11-22-26/h2-8,11-12H,9-10H2,1H3,(H,21,28). The van der Waals surface area contributed by atoms with Gasteiger partial charge in [-0.05, 0) is 13.0 Å². The molecule has 146 valence electrons. The van der Waals surface area contributed by atoms with Crippen LogP contribution in [0.3, 0.4) is 0 Å². The molecule has 29 heavy (non-hydrogen) atoms. The third kappa shape index (κ3) is 4.11. The van der Waals surface area contributed by atoms with Crippen molar-refractivity contribution in [2.75, 3.05) is 6.54 Å². The zero-order valence-electron chi connectivity index (χ0n) is 15.5. The van der Waals surface area contributed by atoms with Gasteiger partial charge in [0.15, 0.2) is 5.82 Å². The molecule has 9 nitrogen and oxygen atoms in total. The van der Waals surface area contributed by atoms with Crippen LogP contribution in [0, 0.1) is 6.92 Å². The van der Waals surface area contributed by atoms with E-state index in [9.17, 15) is 9.59 Å². The second kappa shape index (κ2) is 8.15. The van der Waals surface area contributed by atoms with Crippen molar-refractivity contribution in [2.24, 2.45) is 0 Å². The Morgan fingerprint density at radius 2 is 2.00 bits per heavy atom. The van der Waals surface area contributed by atoms with Crippen LogP contribution in [0.2, 0.25) is 0 Å². The van der Waals surface area contributed by atoms with E-state index in [2.05, 4.69) is 25.5 Å². The van der Waals surface area contributed by atoms with E-state index in [1.165, 1.54) is 39.4 Å². The minimum atomic E-state index is -0.261. The molecule has 10 heteroatoms. The summed E-state index contributed by atoms with van der Waals surface area (Å²) in [4.78, 5) is 33.5. The molecule has 0 unspecified atom stereocenters. The van der Waals surface area contributed by atoms with Crippen LogP contribution >= 0.6 is 11.3 Å². The van der Waals surface area contributed by atoms with Crippen LogP contribution in [0.1, 0.15) is 15.4 Å².